The van der Waals surface area contributed by atoms with Gasteiger partial charge < -0.3 is 5.11 Å². The van der Waals surface area contributed by atoms with Gasteiger partial charge in [0.25, 0.3) is 0 Å². The SMILES string of the molecule is C=Cc1c[o+]cc(O)c1C=CC. The molecule has 0 radical (unpaired) electrons. The highest BCUT2D eigenvalue weighted by Gasteiger charge is 2.08. The summed E-state index contributed by atoms with van der Waals surface area (Å²) in [4.78, 5) is 0. The summed E-state index contributed by atoms with van der Waals surface area (Å²) in [5.41, 5.74) is 1.52. The van der Waals surface area contributed by atoms with E-state index in [1.165, 1.54) is 6.26 Å². The second kappa shape index (κ2) is 3.72. The van der Waals surface area contributed by atoms with Crippen LogP contribution in [0.15, 0.2) is 29.6 Å². The third-order valence-corrected chi connectivity index (χ3v) is 1.51. The van der Waals surface area contributed by atoms with Crippen molar-refractivity contribution in [2.45, 2.75) is 6.92 Å². The molecule has 62 valence electrons. The number of aromatic hydroxyl groups is 1. The summed E-state index contributed by atoms with van der Waals surface area (Å²) in [5.74, 6) is 0.130. The van der Waals surface area contributed by atoms with Gasteiger partial charge in [0.05, 0.1) is 5.56 Å². The number of hydrogen-bond acceptors (Lipinski definition) is 1. The van der Waals surface area contributed by atoms with Crippen LogP contribution in [-0.2, 0) is 0 Å². The summed E-state index contributed by atoms with van der Waals surface area (Å²) >= 11 is 0. The first-order valence-electron chi connectivity index (χ1n) is 3.67. The lowest BCUT2D eigenvalue weighted by Crippen LogP contribution is -1.80. The van der Waals surface area contributed by atoms with Gasteiger partial charge >= 0.3 is 12.5 Å². The number of allylic oxidation sites excluding steroid dienone is 1. The predicted octanol–water partition coefficient (Wildman–Crippen LogP) is 2.94. The van der Waals surface area contributed by atoms with Gasteiger partial charge in [-0.1, -0.05) is 24.8 Å². The van der Waals surface area contributed by atoms with E-state index in [0.29, 0.717) is 0 Å². The molecule has 1 aromatic rings. The molecule has 1 aromatic heterocycles. The molecular weight excluding hydrogens is 152 g/mol. The normalized spacial score (nSPS) is 10.4. The molecule has 1 N–H and O–H groups in total. The molecule has 0 aliphatic heterocycles. The van der Waals surface area contributed by atoms with Gasteiger partial charge in [-0.15, -0.1) is 0 Å². The van der Waals surface area contributed by atoms with Crippen molar-refractivity contribution in [3.63, 3.8) is 0 Å². The second-order valence-electron chi connectivity index (χ2n) is 2.33. The minimum Gasteiger partial charge on any atom is -0.500 e. The van der Waals surface area contributed by atoms with E-state index in [-0.39, 0.29) is 5.75 Å². The van der Waals surface area contributed by atoms with Crippen LogP contribution in [0.2, 0.25) is 0 Å². The topological polar surface area (TPSA) is 31.5 Å². The Balaban J connectivity index is 3.28. The Morgan fingerprint density at radius 1 is 1.50 bits per heavy atom. The van der Waals surface area contributed by atoms with Crippen molar-refractivity contribution in [3.8, 4) is 5.75 Å². The van der Waals surface area contributed by atoms with E-state index in [4.69, 9.17) is 4.42 Å². The van der Waals surface area contributed by atoms with Crippen LogP contribution in [0, 0.1) is 0 Å². The van der Waals surface area contributed by atoms with Crippen molar-refractivity contribution in [2.75, 3.05) is 0 Å². The minimum absolute atomic E-state index is 0.130. The molecule has 0 aliphatic rings. The summed E-state index contributed by atoms with van der Waals surface area (Å²) in [7, 11) is 0. The fraction of sp³-hybridized carbons (Fsp3) is 0.100. The van der Waals surface area contributed by atoms with Gasteiger partial charge in [-0.25, -0.2) is 4.42 Å². The van der Waals surface area contributed by atoms with Gasteiger partial charge in [-0.05, 0) is 6.92 Å². The maximum Gasteiger partial charge on any atom is 0.359 e. The molecule has 2 heteroatoms. The zero-order valence-corrected chi connectivity index (χ0v) is 6.95. The van der Waals surface area contributed by atoms with Crippen LogP contribution in [0.1, 0.15) is 18.1 Å². The summed E-state index contributed by atoms with van der Waals surface area (Å²) in [6, 6.07) is 0. The van der Waals surface area contributed by atoms with Crippen molar-refractivity contribution in [1.82, 2.24) is 0 Å². The highest BCUT2D eigenvalue weighted by Crippen LogP contribution is 2.23. The summed E-state index contributed by atoms with van der Waals surface area (Å²) in [6.45, 7) is 5.50. The van der Waals surface area contributed by atoms with Gasteiger partial charge in [0.2, 0.25) is 5.75 Å². The first-order valence-corrected chi connectivity index (χ1v) is 3.67. The zero-order chi connectivity index (χ0) is 8.97. The maximum atomic E-state index is 9.36. The van der Waals surface area contributed by atoms with E-state index < -0.39 is 0 Å². The van der Waals surface area contributed by atoms with Crippen LogP contribution in [-0.4, -0.2) is 5.11 Å². The highest BCUT2D eigenvalue weighted by atomic mass is 16.3. The van der Waals surface area contributed by atoms with Crippen LogP contribution in [0.25, 0.3) is 12.2 Å². The van der Waals surface area contributed by atoms with Gasteiger partial charge in [0, 0.05) is 5.56 Å². The summed E-state index contributed by atoms with van der Waals surface area (Å²) in [5, 5.41) is 9.36. The summed E-state index contributed by atoms with van der Waals surface area (Å²) in [6.07, 6.45) is 8.13. The highest BCUT2D eigenvalue weighted by molar-refractivity contribution is 5.67. The van der Waals surface area contributed by atoms with Gasteiger partial charge in [-0.2, -0.15) is 0 Å². The first-order chi connectivity index (χ1) is 5.79. The molecule has 0 saturated heterocycles. The smallest absolute Gasteiger partial charge is 0.359 e. The predicted molar refractivity (Wildman–Crippen MR) is 49.6 cm³/mol. The fourth-order valence-electron chi connectivity index (χ4n) is 0.953. The van der Waals surface area contributed by atoms with Gasteiger partial charge in [-0.3, -0.25) is 0 Å². The third-order valence-electron chi connectivity index (χ3n) is 1.51. The lowest BCUT2D eigenvalue weighted by Gasteiger charge is -1.95. The van der Waals surface area contributed by atoms with Crippen LogP contribution in [0.3, 0.4) is 0 Å². The number of rotatable bonds is 2. The van der Waals surface area contributed by atoms with E-state index in [2.05, 4.69) is 6.58 Å². The molecule has 0 bridgehead atoms. The standard InChI is InChI=1S/C10H10O2/c1-3-5-9-8(4-2)6-12-7-10(9)11/h3-7H,2H2,1H3/p+1. The molecular formula is C10H11O2+. The van der Waals surface area contributed by atoms with E-state index in [1.54, 1.807) is 12.3 Å². The van der Waals surface area contributed by atoms with Crippen molar-refractivity contribution < 1.29 is 9.52 Å². The van der Waals surface area contributed by atoms with Crippen molar-refractivity contribution in [3.05, 3.63) is 36.3 Å². The van der Waals surface area contributed by atoms with Crippen molar-refractivity contribution in [1.29, 1.82) is 0 Å². The lowest BCUT2D eigenvalue weighted by molar-refractivity contribution is 0.433. The molecule has 1 rings (SSSR count). The van der Waals surface area contributed by atoms with Crippen LogP contribution >= 0.6 is 0 Å². The molecule has 0 spiro atoms. The largest absolute Gasteiger partial charge is 0.500 e. The van der Waals surface area contributed by atoms with E-state index in [0.717, 1.165) is 11.1 Å². The van der Waals surface area contributed by atoms with Gasteiger partial charge in [0.15, 0.2) is 0 Å². The Labute approximate surface area is 71.5 Å². The Morgan fingerprint density at radius 2 is 2.25 bits per heavy atom. The third kappa shape index (κ3) is 1.53. The summed E-state index contributed by atoms with van der Waals surface area (Å²) < 4.78 is 4.86. The van der Waals surface area contributed by atoms with Crippen LogP contribution in [0.5, 0.6) is 5.75 Å². The van der Waals surface area contributed by atoms with E-state index >= 15 is 0 Å². The number of hydrogen-bond donors (Lipinski definition) is 1. The Morgan fingerprint density at radius 3 is 2.83 bits per heavy atom. The molecule has 0 amide bonds. The van der Waals surface area contributed by atoms with Crippen LogP contribution < -0.4 is 0 Å². The fourth-order valence-corrected chi connectivity index (χ4v) is 0.953. The first kappa shape index (κ1) is 8.53. The minimum atomic E-state index is 0.130. The molecule has 0 atom stereocenters. The molecule has 0 unspecified atom stereocenters. The van der Waals surface area contributed by atoms with E-state index in [9.17, 15) is 5.11 Å². The monoisotopic (exact) mass is 163 g/mol. The molecule has 2 nitrogen and oxygen atoms in total. The quantitative estimate of drug-likeness (QED) is 0.679. The van der Waals surface area contributed by atoms with Crippen molar-refractivity contribution >= 4 is 12.2 Å². The Bertz CT molecular complexity index is 314. The molecule has 0 aliphatic carbocycles. The lowest BCUT2D eigenvalue weighted by atomic mass is 10.1. The Kier molecular flexibility index (Phi) is 2.64. The molecule has 12 heavy (non-hydrogen) atoms. The molecule has 1 heterocycles. The Hall–Kier alpha value is -1.57. The average Bonchev–Trinajstić information content (AvgIpc) is 2.09. The molecule has 0 aromatic carbocycles. The van der Waals surface area contributed by atoms with E-state index in [1.807, 2.05) is 19.1 Å². The average molecular weight is 163 g/mol. The molecule has 0 fully saturated rings. The second-order valence-corrected chi connectivity index (χ2v) is 2.33. The maximum absolute atomic E-state index is 9.36. The zero-order valence-electron chi connectivity index (χ0n) is 6.95. The molecule has 0 saturated carbocycles. The van der Waals surface area contributed by atoms with Gasteiger partial charge in [0.1, 0.15) is 0 Å². The van der Waals surface area contributed by atoms with Crippen LogP contribution in [0.4, 0.5) is 0 Å². The van der Waals surface area contributed by atoms with Crippen molar-refractivity contribution in [2.24, 2.45) is 0 Å².